The second kappa shape index (κ2) is 11.2. The van der Waals surface area contributed by atoms with Gasteiger partial charge in [-0.05, 0) is 85.6 Å². The summed E-state index contributed by atoms with van der Waals surface area (Å²) in [5, 5.41) is 3.29. The van der Waals surface area contributed by atoms with Crippen molar-refractivity contribution < 1.29 is 22.7 Å². The van der Waals surface area contributed by atoms with Crippen molar-refractivity contribution in [2.24, 2.45) is 0 Å². The van der Waals surface area contributed by atoms with Crippen LogP contribution in [0.15, 0.2) is 71.6 Å². The second-order valence-electron chi connectivity index (χ2n) is 7.61. The summed E-state index contributed by atoms with van der Waals surface area (Å²) in [5.74, 6) is -0.781. The molecule has 2 N–H and O–H groups in total. The summed E-state index contributed by atoms with van der Waals surface area (Å²) in [4.78, 5) is 24.5. The Morgan fingerprint density at radius 2 is 1.59 bits per heavy atom. The average molecular weight is 501 g/mol. The lowest BCUT2D eigenvalue weighted by molar-refractivity contribution is 0.0499. The van der Waals surface area contributed by atoms with Gasteiger partial charge in [0.1, 0.15) is 0 Å². The number of ether oxygens (including phenoxy) is 1. The highest BCUT2D eigenvalue weighted by atomic mass is 35.5. The molecule has 0 unspecified atom stereocenters. The molecule has 1 amide bonds. The third-order valence-corrected chi connectivity index (χ3v) is 6.60. The number of hydrogen-bond acceptors (Lipinski definition) is 5. The summed E-state index contributed by atoms with van der Waals surface area (Å²) in [7, 11) is -3.88. The summed E-state index contributed by atoms with van der Waals surface area (Å²) in [6.45, 7) is 4.05. The van der Waals surface area contributed by atoms with Gasteiger partial charge in [0, 0.05) is 22.0 Å². The normalized spacial score (nSPS) is 11.0. The molecule has 0 spiro atoms. The number of benzene rings is 3. The predicted molar refractivity (Wildman–Crippen MR) is 133 cm³/mol. The van der Waals surface area contributed by atoms with Crippen molar-refractivity contribution in [3.63, 3.8) is 0 Å². The summed E-state index contributed by atoms with van der Waals surface area (Å²) in [5.41, 5.74) is 2.15. The SMILES string of the molecule is CCCCOC(=O)c1ccc(NS(=O)(=O)c2ccc(NC(=O)c3ccc(Cl)cc3)c(C)c2)cc1. The van der Waals surface area contributed by atoms with Crippen molar-refractivity contribution in [2.45, 2.75) is 31.6 Å². The number of nitrogens with one attached hydrogen (secondary N) is 2. The van der Waals surface area contributed by atoms with Crippen LogP contribution in [-0.2, 0) is 14.8 Å². The smallest absolute Gasteiger partial charge is 0.338 e. The fourth-order valence-electron chi connectivity index (χ4n) is 3.02. The van der Waals surface area contributed by atoms with Crippen LogP contribution >= 0.6 is 11.6 Å². The average Bonchev–Trinajstić information content (AvgIpc) is 2.81. The van der Waals surface area contributed by atoms with Gasteiger partial charge < -0.3 is 10.1 Å². The Bertz CT molecular complexity index is 1270. The van der Waals surface area contributed by atoms with E-state index in [0.29, 0.717) is 39.7 Å². The summed E-state index contributed by atoms with van der Waals surface area (Å²) in [6, 6.07) is 16.9. The minimum atomic E-state index is -3.88. The molecule has 178 valence electrons. The molecule has 0 saturated carbocycles. The van der Waals surface area contributed by atoms with Gasteiger partial charge in [0.25, 0.3) is 15.9 Å². The molecule has 0 heterocycles. The third-order valence-electron chi connectivity index (χ3n) is 4.97. The first-order valence-corrected chi connectivity index (χ1v) is 12.5. The van der Waals surface area contributed by atoms with E-state index in [-0.39, 0.29) is 10.8 Å². The lowest BCUT2D eigenvalue weighted by Crippen LogP contribution is -2.15. The van der Waals surface area contributed by atoms with E-state index in [9.17, 15) is 18.0 Å². The molecule has 0 aliphatic rings. The summed E-state index contributed by atoms with van der Waals surface area (Å²) < 4.78 is 33.3. The zero-order valence-corrected chi connectivity index (χ0v) is 20.4. The van der Waals surface area contributed by atoms with Crippen LogP contribution in [0.3, 0.4) is 0 Å². The molecule has 3 aromatic rings. The fraction of sp³-hybridized carbons (Fsp3) is 0.200. The fourth-order valence-corrected chi connectivity index (χ4v) is 4.29. The number of unbranched alkanes of at least 4 members (excludes halogenated alkanes) is 1. The van der Waals surface area contributed by atoms with Crippen LogP contribution in [0.1, 0.15) is 46.0 Å². The van der Waals surface area contributed by atoms with E-state index in [1.54, 1.807) is 31.2 Å². The molecule has 34 heavy (non-hydrogen) atoms. The zero-order valence-electron chi connectivity index (χ0n) is 18.8. The van der Waals surface area contributed by atoms with E-state index < -0.39 is 16.0 Å². The van der Waals surface area contributed by atoms with Crippen LogP contribution in [0, 0.1) is 6.92 Å². The molecule has 0 aromatic heterocycles. The second-order valence-corrected chi connectivity index (χ2v) is 9.73. The molecule has 9 heteroatoms. The minimum absolute atomic E-state index is 0.0394. The van der Waals surface area contributed by atoms with Crippen molar-refractivity contribution in [3.8, 4) is 0 Å². The van der Waals surface area contributed by atoms with E-state index in [0.717, 1.165) is 12.8 Å². The van der Waals surface area contributed by atoms with E-state index in [4.69, 9.17) is 16.3 Å². The molecule has 0 fully saturated rings. The van der Waals surface area contributed by atoms with Gasteiger partial charge in [-0.2, -0.15) is 0 Å². The van der Waals surface area contributed by atoms with E-state index in [2.05, 4.69) is 10.0 Å². The van der Waals surface area contributed by atoms with E-state index >= 15 is 0 Å². The molecule has 0 atom stereocenters. The molecule has 7 nitrogen and oxygen atoms in total. The van der Waals surface area contributed by atoms with Gasteiger partial charge in [0.05, 0.1) is 17.1 Å². The van der Waals surface area contributed by atoms with Gasteiger partial charge in [-0.3, -0.25) is 9.52 Å². The van der Waals surface area contributed by atoms with Crippen LogP contribution in [0.2, 0.25) is 5.02 Å². The number of halogens is 1. The molecular weight excluding hydrogens is 476 g/mol. The van der Waals surface area contributed by atoms with Crippen LogP contribution in [0.25, 0.3) is 0 Å². The van der Waals surface area contributed by atoms with Crippen LogP contribution in [-0.4, -0.2) is 26.9 Å². The van der Waals surface area contributed by atoms with Gasteiger partial charge in [0.2, 0.25) is 0 Å². The zero-order chi connectivity index (χ0) is 24.7. The maximum absolute atomic E-state index is 12.8. The van der Waals surface area contributed by atoms with Crippen molar-refractivity contribution >= 4 is 44.9 Å². The van der Waals surface area contributed by atoms with Gasteiger partial charge in [0.15, 0.2) is 0 Å². The lowest BCUT2D eigenvalue weighted by atomic mass is 10.1. The largest absolute Gasteiger partial charge is 0.462 e. The first-order valence-electron chi connectivity index (χ1n) is 10.7. The van der Waals surface area contributed by atoms with Crippen molar-refractivity contribution in [3.05, 3.63) is 88.4 Å². The third kappa shape index (κ3) is 6.59. The van der Waals surface area contributed by atoms with E-state index in [1.807, 2.05) is 6.92 Å². The van der Waals surface area contributed by atoms with E-state index in [1.165, 1.54) is 42.5 Å². The summed E-state index contributed by atoms with van der Waals surface area (Å²) >= 11 is 5.85. The minimum Gasteiger partial charge on any atom is -0.462 e. The highest BCUT2D eigenvalue weighted by Crippen LogP contribution is 2.23. The lowest BCUT2D eigenvalue weighted by Gasteiger charge is -2.12. The maximum Gasteiger partial charge on any atom is 0.338 e. The predicted octanol–water partition coefficient (Wildman–Crippen LogP) is 5.66. The maximum atomic E-state index is 12.8. The molecule has 3 aromatic carbocycles. The topological polar surface area (TPSA) is 102 Å². The number of carbonyl (C=O) groups excluding carboxylic acids is 2. The molecule has 0 saturated heterocycles. The first kappa shape index (κ1) is 25.3. The van der Waals surface area contributed by atoms with Crippen molar-refractivity contribution in [1.82, 2.24) is 0 Å². The number of sulfonamides is 1. The van der Waals surface area contributed by atoms with Gasteiger partial charge in [-0.1, -0.05) is 24.9 Å². The molecule has 0 aliphatic carbocycles. The highest BCUT2D eigenvalue weighted by molar-refractivity contribution is 7.92. The molecule has 3 rings (SSSR count). The Morgan fingerprint density at radius 1 is 0.941 bits per heavy atom. The Labute approximate surface area is 204 Å². The van der Waals surface area contributed by atoms with Crippen LogP contribution < -0.4 is 10.0 Å². The Morgan fingerprint density at radius 3 is 2.21 bits per heavy atom. The van der Waals surface area contributed by atoms with Gasteiger partial charge in [-0.15, -0.1) is 0 Å². The molecular formula is C25H25ClN2O5S. The summed E-state index contributed by atoms with van der Waals surface area (Å²) in [6.07, 6.45) is 1.70. The monoisotopic (exact) mass is 500 g/mol. The molecule has 0 aliphatic heterocycles. The van der Waals surface area contributed by atoms with Gasteiger partial charge >= 0.3 is 5.97 Å². The Balaban J connectivity index is 1.68. The Kier molecular flexibility index (Phi) is 8.31. The number of amides is 1. The number of hydrogen-bond donors (Lipinski definition) is 2. The van der Waals surface area contributed by atoms with Crippen molar-refractivity contribution in [2.75, 3.05) is 16.6 Å². The van der Waals surface area contributed by atoms with Crippen LogP contribution in [0.4, 0.5) is 11.4 Å². The quantitative estimate of drug-likeness (QED) is 0.291. The molecule has 0 bridgehead atoms. The van der Waals surface area contributed by atoms with Crippen LogP contribution in [0.5, 0.6) is 0 Å². The standard InChI is InChI=1S/C25H25ClN2O5S/c1-3-4-15-33-25(30)19-7-11-21(12-8-19)28-34(31,32)22-13-14-23(17(2)16-22)27-24(29)18-5-9-20(26)10-6-18/h5-14,16,28H,3-4,15H2,1-2H3,(H,27,29). The van der Waals surface area contributed by atoms with Crippen molar-refractivity contribution in [1.29, 1.82) is 0 Å². The number of anilines is 2. The Hall–Kier alpha value is -3.36. The number of carbonyl (C=O) groups is 2. The number of aryl methyl sites for hydroxylation is 1. The number of rotatable bonds is 9. The van der Waals surface area contributed by atoms with Gasteiger partial charge in [-0.25, -0.2) is 13.2 Å². The highest BCUT2D eigenvalue weighted by Gasteiger charge is 2.17. The number of esters is 1. The molecule has 0 radical (unpaired) electrons. The first-order chi connectivity index (χ1) is 16.2.